The van der Waals surface area contributed by atoms with Crippen molar-refractivity contribution in [3.05, 3.63) is 0 Å². The summed E-state index contributed by atoms with van der Waals surface area (Å²) in [6.07, 6.45) is 6.34. The minimum absolute atomic E-state index is 0. The lowest BCUT2D eigenvalue weighted by atomic mass is 9.95. The van der Waals surface area contributed by atoms with Gasteiger partial charge < -0.3 is 11.1 Å². The summed E-state index contributed by atoms with van der Waals surface area (Å²) in [7, 11) is 0. The highest BCUT2D eigenvalue weighted by molar-refractivity contribution is 14.0. The molecule has 0 spiro atoms. The van der Waals surface area contributed by atoms with Crippen molar-refractivity contribution in [1.29, 1.82) is 0 Å². The minimum Gasteiger partial charge on any atom is -0.370 e. The Hall–Kier alpha value is 0.310. The molecule has 0 bridgehead atoms. The molecule has 124 valence electrons. The number of nitrogens with two attached hydrogens (primary N) is 1. The molecule has 1 saturated heterocycles. The van der Waals surface area contributed by atoms with Crippen LogP contribution in [0.3, 0.4) is 0 Å². The van der Waals surface area contributed by atoms with Gasteiger partial charge >= 0.3 is 0 Å². The lowest BCUT2D eigenvalue weighted by molar-refractivity contribution is 0.112. The summed E-state index contributed by atoms with van der Waals surface area (Å²) in [5.41, 5.74) is 6.33. The van der Waals surface area contributed by atoms with Crippen molar-refractivity contribution < 1.29 is 0 Å². The van der Waals surface area contributed by atoms with Gasteiger partial charge in [0.15, 0.2) is 5.96 Å². The topological polar surface area (TPSA) is 53.6 Å². The van der Waals surface area contributed by atoms with Crippen LogP contribution in [0.4, 0.5) is 0 Å². The third-order valence-electron chi connectivity index (χ3n) is 4.77. The zero-order valence-corrected chi connectivity index (χ0v) is 16.6. The molecular formula is C15H31IN4S. The molecule has 1 heterocycles. The van der Waals surface area contributed by atoms with Crippen LogP contribution in [0.1, 0.15) is 46.0 Å². The number of aliphatic imine (C=N–C) groups is 1. The van der Waals surface area contributed by atoms with Gasteiger partial charge in [0.1, 0.15) is 0 Å². The maximum Gasteiger partial charge on any atom is 0.188 e. The molecule has 1 aliphatic heterocycles. The molecule has 1 atom stereocenters. The number of rotatable bonds is 5. The molecule has 0 aromatic carbocycles. The zero-order chi connectivity index (χ0) is 14.4. The average molecular weight is 426 g/mol. The van der Waals surface area contributed by atoms with E-state index in [1.54, 1.807) is 0 Å². The normalized spacial score (nSPS) is 24.4. The number of hydrogen-bond donors (Lipinski definition) is 2. The van der Waals surface area contributed by atoms with Crippen molar-refractivity contribution in [3.63, 3.8) is 0 Å². The molecule has 1 aliphatic carbocycles. The van der Waals surface area contributed by atoms with Crippen LogP contribution >= 0.6 is 35.7 Å². The molecule has 1 unspecified atom stereocenters. The molecule has 4 nitrogen and oxygen atoms in total. The SMILES string of the molecule is CCC(C)NC(N)=NCC1(N2CCSCC2)CCCC1.I. The van der Waals surface area contributed by atoms with Gasteiger partial charge in [-0.15, -0.1) is 24.0 Å². The second-order valence-electron chi connectivity index (χ2n) is 6.19. The Morgan fingerprint density at radius 1 is 1.33 bits per heavy atom. The van der Waals surface area contributed by atoms with Crippen LogP contribution in [0, 0.1) is 0 Å². The van der Waals surface area contributed by atoms with Crippen LogP contribution in [0.25, 0.3) is 0 Å². The number of guanidine groups is 1. The molecule has 1 saturated carbocycles. The highest BCUT2D eigenvalue weighted by Gasteiger charge is 2.39. The number of thioether (sulfide) groups is 1. The third-order valence-corrected chi connectivity index (χ3v) is 5.71. The summed E-state index contributed by atoms with van der Waals surface area (Å²) in [6, 6.07) is 0.407. The third kappa shape index (κ3) is 5.46. The second-order valence-corrected chi connectivity index (χ2v) is 7.41. The second kappa shape index (κ2) is 9.45. The van der Waals surface area contributed by atoms with Crippen molar-refractivity contribution >= 4 is 41.7 Å². The predicted molar refractivity (Wildman–Crippen MR) is 105 cm³/mol. The van der Waals surface area contributed by atoms with Gasteiger partial charge in [-0.3, -0.25) is 9.89 Å². The number of nitrogens with zero attached hydrogens (tertiary/aromatic N) is 2. The van der Waals surface area contributed by atoms with E-state index >= 15 is 0 Å². The molecule has 0 aromatic rings. The van der Waals surface area contributed by atoms with E-state index in [0.29, 0.717) is 17.5 Å². The summed E-state index contributed by atoms with van der Waals surface area (Å²) in [5, 5.41) is 3.28. The first-order chi connectivity index (χ1) is 9.66. The van der Waals surface area contributed by atoms with Crippen LogP contribution < -0.4 is 11.1 Å². The van der Waals surface area contributed by atoms with E-state index in [1.165, 1.54) is 50.3 Å². The fraction of sp³-hybridized carbons (Fsp3) is 0.933. The largest absolute Gasteiger partial charge is 0.370 e. The fourth-order valence-corrected chi connectivity index (χ4v) is 4.18. The van der Waals surface area contributed by atoms with E-state index in [9.17, 15) is 0 Å². The fourth-order valence-electron chi connectivity index (χ4n) is 3.28. The Kier molecular flexibility index (Phi) is 8.71. The first-order valence-electron chi connectivity index (χ1n) is 8.05. The highest BCUT2D eigenvalue weighted by atomic mass is 127. The highest BCUT2D eigenvalue weighted by Crippen LogP contribution is 2.36. The van der Waals surface area contributed by atoms with Crippen molar-refractivity contribution in [2.75, 3.05) is 31.1 Å². The van der Waals surface area contributed by atoms with Gasteiger partial charge in [-0.2, -0.15) is 11.8 Å². The molecule has 6 heteroatoms. The van der Waals surface area contributed by atoms with Gasteiger partial charge in [-0.25, -0.2) is 0 Å². The van der Waals surface area contributed by atoms with E-state index in [-0.39, 0.29) is 24.0 Å². The van der Waals surface area contributed by atoms with Crippen LogP contribution in [0.5, 0.6) is 0 Å². The van der Waals surface area contributed by atoms with Gasteiger partial charge in [0.25, 0.3) is 0 Å². The van der Waals surface area contributed by atoms with Crippen molar-refractivity contribution in [1.82, 2.24) is 10.2 Å². The molecule has 3 N–H and O–H groups in total. The summed E-state index contributed by atoms with van der Waals surface area (Å²) in [5.74, 6) is 3.16. The van der Waals surface area contributed by atoms with E-state index in [0.717, 1.165) is 13.0 Å². The number of hydrogen-bond acceptors (Lipinski definition) is 3. The lowest BCUT2D eigenvalue weighted by Crippen LogP contribution is -2.53. The molecule has 0 amide bonds. The van der Waals surface area contributed by atoms with E-state index in [1.807, 2.05) is 0 Å². The van der Waals surface area contributed by atoms with Gasteiger partial charge in [-0.05, 0) is 26.2 Å². The van der Waals surface area contributed by atoms with Crippen LogP contribution in [-0.4, -0.2) is 53.6 Å². The van der Waals surface area contributed by atoms with E-state index in [4.69, 9.17) is 5.73 Å². The number of halogens is 1. The minimum atomic E-state index is 0. The summed E-state index contributed by atoms with van der Waals surface area (Å²) < 4.78 is 0. The zero-order valence-electron chi connectivity index (χ0n) is 13.4. The molecular weight excluding hydrogens is 395 g/mol. The van der Waals surface area contributed by atoms with Gasteiger partial charge in [0.2, 0.25) is 0 Å². The van der Waals surface area contributed by atoms with Crippen LogP contribution in [0.2, 0.25) is 0 Å². The summed E-state index contributed by atoms with van der Waals surface area (Å²) in [4.78, 5) is 7.37. The summed E-state index contributed by atoms with van der Waals surface area (Å²) in [6.45, 7) is 7.62. The molecule has 0 aromatic heterocycles. The maximum absolute atomic E-state index is 6.03. The first kappa shape index (κ1) is 19.4. The Balaban J connectivity index is 0.00000220. The number of nitrogens with one attached hydrogen (secondary N) is 1. The Morgan fingerprint density at radius 2 is 1.95 bits per heavy atom. The quantitative estimate of drug-likeness (QED) is 0.403. The maximum atomic E-state index is 6.03. The van der Waals surface area contributed by atoms with Crippen molar-refractivity contribution in [2.24, 2.45) is 10.7 Å². The molecule has 2 fully saturated rings. The van der Waals surface area contributed by atoms with E-state index in [2.05, 4.69) is 40.8 Å². The Bertz CT molecular complexity index is 326. The molecule has 2 rings (SSSR count). The van der Waals surface area contributed by atoms with Crippen molar-refractivity contribution in [3.8, 4) is 0 Å². The predicted octanol–water partition coefficient (Wildman–Crippen LogP) is 2.67. The average Bonchev–Trinajstić information content (AvgIpc) is 2.96. The monoisotopic (exact) mass is 426 g/mol. The van der Waals surface area contributed by atoms with Gasteiger partial charge in [0, 0.05) is 36.2 Å². The molecule has 21 heavy (non-hydrogen) atoms. The molecule has 0 radical (unpaired) electrons. The lowest BCUT2D eigenvalue weighted by Gasteiger charge is -2.42. The smallest absolute Gasteiger partial charge is 0.188 e. The molecule has 2 aliphatic rings. The first-order valence-corrected chi connectivity index (χ1v) is 9.21. The van der Waals surface area contributed by atoms with Crippen LogP contribution in [0.15, 0.2) is 4.99 Å². The van der Waals surface area contributed by atoms with Crippen LogP contribution in [-0.2, 0) is 0 Å². The van der Waals surface area contributed by atoms with Crippen molar-refractivity contribution in [2.45, 2.75) is 57.5 Å². The van der Waals surface area contributed by atoms with Gasteiger partial charge in [0.05, 0.1) is 6.54 Å². The Labute approximate surface area is 151 Å². The van der Waals surface area contributed by atoms with Gasteiger partial charge in [-0.1, -0.05) is 19.8 Å². The standard InChI is InChI=1S/C15H30N4S.HI/c1-3-13(2)18-14(16)17-12-15(6-4-5-7-15)19-8-10-20-11-9-19;/h13H,3-12H2,1-2H3,(H3,16,17,18);1H. The van der Waals surface area contributed by atoms with E-state index < -0.39 is 0 Å². The summed E-state index contributed by atoms with van der Waals surface area (Å²) >= 11 is 2.08. The Morgan fingerprint density at radius 3 is 2.52 bits per heavy atom.